The van der Waals surface area contributed by atoms with Crippen LogP contribution in [0.2, 0.25) is 0 Å². The first kappa shape index (κ1) is 19.2. The van der Waals surface area contributed by atoms with Gasteiger partial charge in [-0.25, -0.2) is 0 Å². The van der Waals surface area contributed by atoms with Crippen molar-refractivity contribution in [1.29, 1.82) is 0 Å². The van der Waals surface area contributed by atoms with Crippen molar-refractivity contribution >= 4 is 0 Å². The molecule has 0 amide bonds. The minimum absolute atomic E-state index is 0.417. The van der Waals surface area contributed by atoms with Crippen LogP contribution in [0, 0.1) is 22.7 Å². The van der Waals surface area contributed by atoms with Crippen LogP contribution in [0.3, 0.4) is 0 Å². The summed E-state index contributed by atoms with van der Waals surface area (Å²) >= 11 is 0. The van der Waals surface area contributed by atoms with Crippen molar-refractivity contribution in [3.63, 3.8) is 0 Å². The van der Waals surface area contributed by atoms with E-state index in [-0.39, 0.29) is 0 Å². The second kappa shape index (κ2) is 7.87. The third kappa shape index (κ3) is 3.79. The minimum atomic E-state index is 0.417. The van der Waals surface area contributed by atoms with Crippen LogP contribution < -0.4 is 11.5 Å². The van der Waals surface area contributed by atoms with Gasteiger partial charge in [-0.1, -0.05) is 27.7 Å². The van der Waals surface area contributed by atoms with E-state index >= 15 is 0 Å². The Bertz CT molecular complexity index is 323. The lowest BCUT2D eigenvalue weighted by molar-refractivity contribution is 0.0520. The maximum Gasteiger partial charge on any atom is 0.00955 e. The monoisotopic (exact) mass is 322 g/mol. The summed E-state index contributed by atoms with van der Waals surface area (Å²) in [7, 11) is 0. The van der Waals surface area contributed by atoms with Crippen LogP contribution in [-0.2, 0) is 0 Å². The Hall–Kier alpha value is -0.0800. The number of hydrogen-bond donors (Lipinski definition) is 2. The van der Waals surface area contributed by atoms with Crippen LogP contribution in [0.15, 0.2) is 0 Å². The highest BCUT2D eigenvalue weighted by Crippen LogP contribution is 2.49. The molecule has 2 aliphatic carbocycles. The van der Waals surface area contributed by atoms with E-state index in [1.165, 1.54) is 70.6 Å². The van der Waals surface area contributed by atoms with E-state index in [0.29, 0.717) is 22.9 Å². The molecule has 0 radical (unpaired) electrons. The van der Waals surface area contributed by atoms with Crippen LogP contribution in [0.5, 0.6) is 0 Å². The highest BCUT2D eigenvalue weighted by Gasteiger charge is 2.43. The average Bonchev–Trinajstić information content (AvgIpc) is 2.58. The second-order valence-electron chi connectivity index (χ2n) is 8.88. The van der Waals surface area contributed by atoms with Crippen LogP contribution in [0.1, 0.15) is 98.3 Å². The molecule has 0 aromatic carbocycles. The predicted octanol–water partition coefficient (Wildman–Crippen LogP) is 5.24. The average molecular weight is 323 g/mol. The molecule has 4 N–H and O–H groups in total. The molecule has 2 fully saturated rings. The summed E-state index contributed by atoms with van der Waals surface area (Å²) in [6.07, 6.45) is 14.4. The van der Waals surface area contributed by atoms with Gasteiger partial charge in [-0.05, 0) is 93.3 Å². The van der Waals surface area contributed by atoms with Gasteiger partial charge in [0.05, 0.1) is 0 Å². The Morgan fingerprint density at radius 3 is 1.30 bits per heavy atom. The molecular weight excluding hydrogens is 280 g/mol. The van der Waals surface area contributed by atoms with E-state index in [2.05, 4.69) is 27.7 Å². The van der Waals surface area contributed by atoms with Crippen LogP contribution >= 0.6 is 0 Å². The van der Waals surface area contributed by atoms with E-state index in [1.807, 2.05) is 0 Å². The Labute approximate surface area is 145 Å². The fourth-order valence-corrected chi connectivity index (χ4v) is 6.10. The third-order valence-corrected chi connectivity index (χ3v) is 8.22. The van der Waals surface area contributed by atoms with Crippen molar-refractivity contribution in [3.05, 3.63) is 0 Å². The van der Waals surface area contributed by atoms with Crippen molar-refractivity contribution in [3.8, 4) is 0 Å². The molecule has 23 heavy (non-hydrogen) atoms. The first-order valence-electron chi connectivity index (χ1n) is 10.5. The summed E-state index contributed by atoms with van der Waals surface area (Å²) in [5.41, 5.74) is 13.9. The number of hydrogen-bond acceptors (Lipinski definition) is 2. The summed E-state index contributed by atoms with van der Waals surface area (Å²) in [5, 5.41) is 0. The Balaban J connectivity index is 1.99. The summed E-state index contributed by atoms with van der Waals surface area (Å²) < 4.78 is 0. The van der Waals surface area contributed by atoms with E-state index in [4.69, 9.17) is 11.5 Å². The third-order valence-electron chi connectivity index (χ3n) is 8.22. The molecule has 4 unspecified atom stereocenters. The topological polar surface area (TPSA) is 52.0 Å². The van der Waals surface area contributed by atoms with Gasteiger partial charge in [0.2, 0.25) is 0 Å². The SMILES string of the molecule is CCC1(CC)CC(CC2CCC(N)C(CC)(CC)C2)CCC1N. The van der Waals surface area contributed by atoms with Crippen molar-refractivity contribution in [2.45, 2.75) is 110 Å². The summed E-state index contributed by atoms with van der Waals surface area (Å²) in [5.74, 6) is 1.81. The lowest BCUT2D eigenvalue weighted by Gasteiger charge is -2.48. The molecule has 0 heterocycles. The highest BCUT2D eigenvalue weighted by molar-refractivity contribution is 4.97. The molecule has 136 valence electrons. The van der Waals surface area contributed by atoms with E-state index in [0.717, 1.165) is 11.8 Å². The van der Waals surface area contributed by atoms with Gasteiger partial charge < -0.3 is 11.5 Å². The molecule has 0 aromatic heterocycles. The van der Waals surface area contributed by atoms with Gasteiger partial charge in [-0.15, -0.1) is 0 Å². The zero-order valence-corrected chi connectivity index (χ0v) is 16.2. The fourth-order valence-electron chi connectivity index (χ4n) is 6.10. The molecule has 2 nitrogen and oxygen atoms in total. The Morgan fingerprint density at radius 1 is 0.652 bits per heavy atom. The lowest BCUT2D eigenvalue weighted by Crippen LogP contribution is -2.48. The van der Waals surface area contributed by atoms with E-state index in [9.17, 15) is 0 Å². The van der Waals surface area contributed by atoms with Crippen molar-refractivity contribution in [2.24, 2.45) is 34.1 Å². The van der Waals surface area contributed by atoms with Gasteiger partial charge in [0.1, 0.15) is 0 Å². The summed E-state index contributed by atoms with van der Waals surface area (Å²) in [6, 6.07) is 0.859. The van der Waals surface area contributed by atoms with Gasteiger partial charge in [0, 0.05) is 12.1 Å². The van der Waals surface area contributed by atoms with Crippen molar-refractivity contribution in [2.75, 3.05) is 0 Å². The standard InChI is InChI=1S/C21H42N2/c1-5-20(6-2)14-16(9-11-18(20)22)13-17-10-12-19(23)21(7-3,8-4)15-17/h16-19H,5-15,22-23H2,1-4H3. The molecule has 0 saturated heterocycles. The molecule has 0 aromatic rings. The van der Waals surface area contributed by atoms with Crippen LogP contribution in [0.4, 0.5) is 0 Å². The maximum atomic E-state index is 6.52. The van der Waals surface area contributed by atoms with Crippen LogP contribution in [0.25, 0.3) is 0 Å². The highest BCUT2D eigenvalue weighted by atomic mass is 14.7. The fraction of sp³-hybridized carbons (Fsp3) is 1.00. The first-order valence-corrected chi connectivity index (χ1v) is 10.5. The molecule has 2 heteroatoms. The molecular formula is C21H42N2. The Morgan fingerprint density at radius 2 is 1.00 bits per heavy atom. The molecule has 0 aliphatic heterocycles. The van der Waals surface area contributed by atoms with Gasteiger partial charge in [-0.2, -0.15) is 0 Å². The van der Waals surface area contributed by atoms with Gasteiger partial charge in [0.25, 0.3) is 0 Å². The second-order valence-corrected chi connectivity index (χ2v) is 8.88. The number of nitrogens with two attached hydrogens (primary N) is 2. The predicted molar refractivity (Wildman–Crippen MR) is 101 cm³/mol. The molecule has 0 bridgehead atoms. The molecule has 2 rings (SSSR count). The largest absolute Gasteiger partial charge is 0.327 e. The molecule has 2 aliphatic rings. The van der Waals surface area contributed by atoms with E-state index < -0.39 is 0 Å². The van der Waals surface area contributed by atoms with Crippen molar-refractivity contribution < 1.29 is 0 Å². The summed E-state index contributed by atoms with van der Waals surface area (Å²) in [6.45, 7) is 9.41. The smallest absolute Gasteiger partial charge is 0.00955 e. The minimum Gasteiger partial charge on any atom is -0.327 e. The van der Waals surface area contributed by atoms with E-state index in [1.54, 1.807) is 0 Å². The van der Waals surface area contributed by atoms with Gasteiger partial charge >= 0.3 is 0 Å². The Kier molecular flexibility index (Phi) is 6.58. The lowest BCUT2D eigenvalue weighted by atomic mass is 9.59. The van der Waals surface area contributed by atoms with Crippen LogP contribution in [-0.4, -0.2) is 12.1 Å². The zero-order chi connectivity index (χ0) is 17.1. The van der Waals surface area contributed by atoms with Crippen molar-refractivity contribution in [1.82, 2.24) is 0 Å². The molecule has 4 atom stereocenters. The first-order chi connectivity index (χ1) is 10.9. The summed E-state index contributed by atoms with van der Waals surface area (Å²) in [4.78, 5) is 0. The quantitative estimate of drug-likeness (QED) is 0.702. The normalized spacial score (nSPS) is 36.8. The molecule has 0 spiro atoms. The van der Waals surface area contributed by atoms with Gasteiger partial charge in [-0.3, -0.25) is 0 Å². The van der Waals surface area contributed by atoms with Gasteiger partial charge in [0.15, 0.2) is 0 Å². The zero-order valence-electron chi connectivity index (χ0n) is 16.2. The number of rotatable bonds is 6. The molecule has 2 saturated carbocycles. The maximum absolute atomic E-state index is 6.52.